The van der Waals surface area contributed by atoms with Crippen molar-refractivity contribution in [1.29, 1.82) is 0 Å². The van der Waals surface area contributed by atoms with Crippen LogP contribution in [0.15, 0.2) is 24.3 Å². The second-order valence-electron chi connectivity index (χ2n) is 5.88. The summed E-state index contributed by atoms with van der Waals surface area (Å²) in [5.41, 5.74) is 1.88. The maximum Gasteiger partial charge on any atom is 0.238 e. The fourth-order valence-corrected chi connectivity index (χ4v) is 3.52. The zero-order chi connectivity index (χ0) is 16.2. The molecule has 1 atom stereocenters. The lowest BCUT2D eigenvalue weighted by molar-refractivity contribution is -0.117. The van der Waals surface area contributed by atoms with Crippen LogP contribution in [0.4, 0.5) is 5.69 Å². The Hall–Kier alpha value is -1.44. The number of nitrogens with zero attached hydrogens (tertiary/aromatic N) is 1. The van der Waals surface area contributed by atoms with Crippen molar-refractivity contribution in [2.24, 2.45) is 0 Å². The van der Waals surface area contributed by atoms with Gasteiger partial charge >= 0.3 is 0 Å². The van der Waals surface area contributed by atoms with Gasteiger partial charge in [0.25, 0.3) is 0 Å². The molecule has 1 unspecified atom stereocenters. The first-order chi connectivity index (χ1) is 10.3. The highest BCUT2D eigenvalue weighted by Gasteiger charge is 2.23. The molecule has 0 aliphatic carbocycles. The van der Waals surface area contributed by atoms with Crippen molar-refractivity contribution < 1.29 is 13.2 Å². The fourth-order valence-electron chi connectivity index (χ4n) is 2.72. The van der Waals surface area contributed by atoms with Gasteiger partial charge in [0.2, 0.25) is 15.9 Å². The molecule has 7 heteroatoms. The Kier molecular flexibility index (Phi) is 5.55. The molecule has 0 saturated carbocycles. The van der Waals surface area contributed by atoms with Crippen molar-refractivity contribution in [2.45, 2.75) is 25.8 Å². The highest BCUT2D eigenvalue weighted by molar-refractivity contribution is 7.88. The van der Waals surface area contributed by atoms with Crippen molar-refractivity contribution >= 4 is 21.6 Å². The van der Waals surface area contributed by atoms with Crippen molar-refractivity contribution in [1.82, 2.24) is 9.62 Å². The highest BCUT2D eigenvalue weighted by atomic mass is 32.2. The lowest BCUT2D eigenvalue weighted by Gasteiger charge is -2.32. The van der Waals surface area contributed by atoms with E-state index < -0.39 is 10.0 Å². The number of amides is 1. The van der Waals surface area contributed by atoms with Crippen LogP contribution in [0.5, 0.6) is 0 Å². The maximum atomic E-state index is 12.1. The first-order valence-corrected chi connectivity index (χ1v) is 9.27. The van der Waals surface area contributed by atoms with E-state index in [4.69, 9.17) is 0 Å². The number of benzene rings is 1. The third-order valence-electron chi connectivity index (χ3n) is 3.56. The summed E-state index contributed by atoms with van der Waals surface area (Å²) in [5, 5.41) is 2.87. The summed E-state index contributed by atoms with van der Waals surface area (Å²) >= 11 is 0. The SMILES string of the molecule is Cc1cccc(NC(=O)CN2CCCC(NS(C)(=O)=O)C2)c1. The summed E-state index contributed by atoms with van der Waals surface area (Å²) in [6.07, 6.45) is 2.85. The van der Waals surface area contributed by atoms with Gasteiger partial charge in [-0.3, -0.25) is 9.69 Å². The molecule has 1 fully saturated rings. The van der Waals surface area contributed by atoms with Gasteiger partial charge in [-0.25, -0.2) is 13.1 Å². The summed E-state index contributed by atoms with van der Waals surface area (Å²) < 4.78 is 25.2. The van der Waals surface area contributed by atoms with Crippen molar-refractivity contribution in [2.75, 3.05) is 31.2 Å². The van der Waals surface area contributed by atoms with Gasteiger partial charge in [0, 0.05) is 18.3 Å². The van der Waals surface area contributed by atoms with Gasteiger partial charge < -0.3 is 5.32 Å². The zero-order valence-electron chi connectivity index (χ0n) is 13.0. The summed E-state index contributed by atoms with van der Waals surface area (Å²) in [4.78, 5) is 14.1. The molecule has 0 aromatic heterocycles. The van der Waals surface area contributed by atoms with Crippen LogP contribution in [0, 0.1) is 6.92 Å². The van der Waals surface area contributed by atoms with E-state index in [9.17, 15) is 13.2 Å². The van der Waals surface area contributed by atoms with Crippen LogP contribution in [0.3, 0.4) is 0 Å². The van der Waals surface area contributed by atoms with Crippen molar-refractivity contribution in [3.63, 3.8) is 0 Å². The number of anilines is 1. The molecule has 1 aliphatic rings. The summed E-state index contributed by atoms with van der Waals surface area (Å²) in [7, 11) is -3.21. The van der Waals surface area contributed by atoms with E-state index in [1.807, 2.05) is 36.1 Å². The molecule has 0 bridgehead atoms. The van der Waals surface area contributed by atoms with Crippen LogP contribution in [0.25, 0.3) is 0 Å². The van der Waals surface area contributed by atoms with Crippen LogP contribution >= 0.6 is 0 Å². The van der Waals surface area contributed by atoms with Crippen LogP contribution < -0.4 is 10.0 Å². The molecule has 1 amide bonds. The number of hydrogen-bond acceptors (Lipinski definition) is 4. The lowest BCUT2D eigenvalue weighted by Crippen LogP contribution is -2.49. The number of nitrogens with one attached hydrogen (secondary N) is 2. The van der Waals surface area contributed by atoms with Crippen molar-refractivity contribution in [3.8, 4) is 0 Å². The zero-order valence-corrected chi connectivity index (χ0v) is 13.8. The van der Waals surface area contributed by atoms with E-state index in [1.54, 1.807) is 0 Å². The number of rotatable bonds is 5. The van der Waals surface area contributed by atoms with Crippen LogP contribution in [0.1, 0.15) is 18.4 Å². The van der Waals surface area contributed by atoms with Crippen LogP contribution in [-0.4, -0.2) is 51.2 Å². The summed E-state index contributed by atoms with van der Waals surface area (Å²) in [6.45, 7) is 3.62. The minimum absolute atomic E-state index is 0.0781. The number of hydrogen-bond donors (Lipinski definition) is 2. The summed E-state index contributed by atoms with van der Waals surface area (Å²) in [5.74, 6) is -0.0781. The molecular formula is C15H23N3O3S. The monoisotopic (exact) mass is 325 g/mol. The summed E-state index contributed by atoms with van der Waals surface area (Å²) in [6, 6.07) is 7.53. The standard InChI is InChI=1S/C15H23N3O3S/c1-12-5-3-6-13(9-12)16-15(19)11-18-8-4-7-14(10-18)17-22(2,20)21/h3,5-6,9,14,17H,4,7-8,10-11H2,1-2H3,(H,16,19). The van der Waals surface area contributed by atoms with Gasteiger partial charge in [-0.05, 0) is 44.0 Å². The molecule has 1 heterocycles. The second kappa shape index (κ2) is 7.21. The first-order valence-electron chi connectivity index (χ1n) is 7.38. The Morgan fingerprint density at radius 2 is 2.18 bits per heavy atom. The number of sulfonamides is 1. The van der Waals surface area contributed by atoms with E-state index in [1.165, 1.54) is 0 Å². The minimum atomic E-state index is -3.21. The van der Waals surface area contributed by atoms with E-state index >= 15 is 0 Å². The first kappa shape index (κ1) is 16.9. The molecule has 1 saturated heterocycles. The Morgan fingerprint density at radius 3 is 2.86 bits per heavy atom. The Bertz CT molecular complexity index is 631. The van der Waals surface area contributed by atoms with Crippen LogP contribution in [0.2, 0.25) is 0 Å². The van der Waals surface area contributed by atoms with Gasteiger partial charge in [0.1, 0.15) is 0 Å². The minimum Gasteiger partial charge on any atom is -0.325 e. The van der Waals surface area contributed by atoms with Gasteiger partial charge in [-0.1, -0.05) is 12.1 Å². The number of piperidine rings is 1. The van der Waals surface area contributed by atoms with Gasteiger partial charge in [-0.15, -0.1) is 0 Å². The van der Waals surface area contributed by atoms with E-state index in [0.29, 0.717) is 6.54 Å². The predicted octanol–water partition coefficient (Wildman–Crippen LogP) is 0.947. The molecule has 122 valence electrons. The number of aryl methyl sites for hydroxylation is 1. The molecule has 1 aromatic carbocycles. The quantitative estimate of drug-likeness (QED) is 0.845. The third-order valence-corrected chi connectivity index (χ3v) is 4.32. The van der Waals surface area contributed by atoms with Gasteiger partial charge in [-0.2, -0.15) is 0 Å². The Morgan fingerprint density at radius 1 is 1.41 bits per heavy atom. The average molecular weight is 325 g/mol. The molecule has 0 spiro atoms. The average Bonchev–Trinajstić information content (AvgIpc) is 2.36. The Balaban J connectivity index is 1.86. The molecule has 2 N–H and O–H groups in total. The smallest absolute Gasteiger partial charge is 0.238 e. The molecule has 0 radical (unpaired) electrons. The van der Waals surface area contributed by atoms with Gasteiger partial charge in [0.15, 0.2) is 0 Å². The van der Waals surface area contributed by atoms with E-state index in [0.717, 1.165) is 36.9 Å². The molecular weight excluding hydrogens is 302 g/mol. The molecule has 1 aliphatic heterocycles. The maximum absolute atomic E-state index is 12.1. The molecule has 2 rings (SSSR count). The topological polar surface area (TPSA) is 78.5 Å². The van der Waals surface area contributed by atoms with Gasteiger partial charge in [0.05, 0.1) is 12.8 Å². The fraction of sp³-hybridized carbons (Fsp3) is 0.533. The molecule has 22 heavy (non-hydrogen) atoms. The lowest BCUT2D eigenvalue weighted by atomic mass is 10.1. The normalized spacial score (nSPS) is 19.8. The van der Waals surface area contributed by atoms with E-state index in [2.05, 4.69) is 10.0 Å². The van der Waals surface area contributed by atoms with E-state index in [-0.39, 0.29) is 18.5 Å². The predicted molar refractivity (Wildman–Crippen MR) is 87.3 cm³/mol. The molecule has 1 aromatic rings. The Labute approximate surface area is 131 Å². The largest absolute Gasteiger partial charge is 0.325 e. The highest BCUT2D eigenvalue weighted by Crippen LogP contribution is 2.12. The van der Waals surface area contributed by atoms with Crippen molar-refractivity contribution in [3.05, 3.63) is 29.8 Å². The third kappa shape index (κ3) is 5.75. The second-order valence-corrected chi connectivity index (χ2v) is 7.66. The number of carbonyl (C=O) groups is 1. The number of likely N-dealkylation sites (tertiary alicyclic amines) is 1. The molecule has 6 nitrogen and oxygen atoms in total. The number of carbonyl (C=O) groups excluding carboxylic acids is 1. The van der Waals surface area contributed by atoms with Crippen LogP contribution in [-0.2, 0) is 14.8 Å².